The largest absolute Gasteiger partial charge is 0.481 e. The van der Waals surface area contributed by atoms with E-state index in [0.717, 1.165) is 25.7 Å². The molecule has 0 radical (unpaired) electrons. The number of nitrogens with one attached hydrogen (secondary N) is 1. The molecule has 1 fully saturated rings. The van der Waals surface area contributed by atoms with Crippen molar-refractivity contribution in [2.24, 2.45) is 11.8 Å². The Hall–Kier alpha value is -1.26. The van der Waals surface area contributed by atoms with Gasteiger partial charge >= 0.3 is 12.0 Å². The van der Waals surface area contributed by atoms with Crippen LogP contribution < -0.4 is 5.32 Å². The highest BCUT2D eigenvalue weighted by molar-refractivity contribution is 5.76. The molecule has 0 aromatic rings. The quantitative estimate of drug-likeness (QED) is 0.805. The molecule has 0 heterocycles. The van der Waals surface area contributed by atoms with Gasteiger partial charge in [0.1, 0.15) is 0 Å². The number of carboxylic acids is 1. The van der Waals surface area contributed by atoms with Crippen molar-refractivity contribution in [2.45, 2.75) is 52.0 Å². The first-order valence-corrected chi connectivity index (χ1v) is 7.16. The maximum Gasteiger partial charge on any atom is 0.317 e. The van der Waals surface area contributed by atoms with E-state index < -0.39 is 11.9 Å². The third kappa shape index (κ3) is 5.09. The lowest BCUT2D eigenvalue weighted by Gasteiger charge is -2.31. The Labute approximate surface area is 115 Å². The lowest BCUT2D eigenvalue weighted by Crippen LogP contribution is -2.49. The molecule has 2 amide bonds. The zero-order chi connectivity index (χ0) is 14.4. The van der Waals surface area contributed by atoms with Gasteiger partial charge in [-0.25, -0.2) is 4.79 Å². The van der Waals surface area contributed by atoms with Gasteiger partial charge in [0.25, 0.3) is 0 Å². The summed E-state index contributed by atoms with van der Waals surface area (Å²) in [5.74, 6) is -0.678. The van der Waals surface area contributed by atoms with Crippen molar-refractivity contribution in [1.29, 1.82) is 0 Å². The molecule has 1 rings (SSSR count). The average Bonchev–Trinajstić information content (AvgIpc) is 2.36. The van der Waals surface area contributed by atoms with Gasteiger partial charge in [-0.15, -0.1) is 0 Å². The van der Waals surface area contributed by atoms with Gasteiger partial charge in [-0.3, -0.25) is 4.79 Å². The predicted octanol–water partition coefficient (Wildman–Crippen LogP) is 2.32. The number of hydrogen-bond donors (Lipinski definition) is 2. The van der Waals surface area contributed by atoms with E-state index in [0.29, 0.717) is 18.9 Å². The standard InChI is InChI=1S/C14H26N2O3/c1-10(2)8-9-16(3)14(19)15-12-7-5-4-6-11(12)13(17)18/h10-12H,4-9H2,1-3H3,(H,15,19)(H,17,18). The van der Waals surface area contributed by atoms with Crippen LogP contribution in [0.5, 0.6) is 0 Å². The Balaban J connectivity index is 2.47. The van der Waals surface area contributed by atoms with Crippen molar-refractivity contribution in [3.63, 3.8) is 0 Å². The highest BCUT2D eigenvalue weighted by Gasteiger charge is 2.32. The molecule has 0 spiro atoms. The molecule has 5 nitrogen and oxygen atoms in total. The molecule has 0 aromatic carbocycles. The lowest BCUT2D eigenvalue weighted by atomic mass is 9.84. The van der Waals surface area contributed by atoms with Crippen LogP contribution in [0.2, 0.25) is 0 Å². The summed E-state index contributed by atoms with van der Waals surface area (Å²) < 4.78 is 0. The molecule has 2 atom stereocenters. The van der Waals surface area contributed by atoms with Crippen molar-refractivity contribution in [2.75, 3.05) is 13.6 Å². The second-order valence-electron chi connectivity index (χ2n) is 5.89. The predicted molar refractivity (Wildman–Crippen MR) is 74.0 cm³/mol. The Morgan fingerprint density at radius 2 is 1.95 bits per heavy atom. The van der Waals surface area contributed by atoms with Crippen LogP contribution in [-0.2, 0) is 4.79 Å². The molecule has 0 aromatic heterocycles. The Bertz CT molecular complexity index is 318. The van der Waals surface area contributed by atoms with Crippen molar-refractivity contribution in [3.8, 4) is 0 Å². The van der Waals surface area contributed by atoms with Crippen LogP contribution in [-0.4, -0.2) is 41.6 Å². The maximum absolute atomic E-state index is 12.0. The van der Waals surface area contributed by atoms with Gasteiger partial charge in [0.2, 0.25) is 0 Å². The van der Waals surface area contributed by atoms with Gasteiger partial charge in [-0.1, -0.05) is 26.7 Å². The third-order valence-corrected chi connectivity index (χ3v) is 3.78. The number of carbonyl (C=O) groups is 2. The summed E-state index contributed by atoms with van der Waals surface area (Å²) >= 11 is 0. The summed E-state index contributed by atoms with van der Waals surface area (Å²) in [6.45, 7) is 4.94. The first-order valence-electron chi connectivity index (χ1n) is 7.16. The van der Waals surface area contributed by atoms with Crippen LogP contribution in [0.15, 0.2) is 0 Å². The van der Waals surface area contributed by atoms with Gasteiger partial charge in [-0.05, 0) is 25.2 Å². The molecule has 1 aliphatic rings. The van der Waals surface area contributed by atoms with Crippen LogP contribution in [0.1, 0.15) is 46.0 Å². The van der Waals surface area contributed by atoms with E-state index in [2.05, 4.69) is 19.2 Å². The number of aliphatic carboxylic acids is 1. The van der Waals surface area contributed by atoms with Crippen molar-refractivity contribution in [1.82, 2.24) is 10.2 Å². The van der Waals surface area contributed by atoms with E-state index in [1.807, 2.05) is 0 Å². The van der Waals surface area contributed by atoms with Gasteiger partial charge in [0.05, 0.1) is 5.92 Å². The number of carboxylic acid groups (broad SMARTS) is 1. The molecule has 0 aliphatic heterocycles. The van der Waals surface area contributed by atoms with Gasteiger partial charge in [0.15, 0.2) is 0 Å². The van der Waals surface area contributed by atoms with E-state index in [9.17, 15) is 14.7 Å². The Morgan fingerprint density at radius 3 is 2.53 bits per heavy atom. The zero-order valence-corrected chi connectivity index (χ0v) is 12.2. The fourth-order valence-corrected chi connectivity index (χ4v) is 2.42. The van der Waals surface area contributed by atoms with Crippen LogP contribution in [0, 0.1) is 11.8 Å². The maximum atomic E-state index is 12.0. The summed E-state index contributed by atoms with van der Waals surface area (Å²) in [6, 6.07) is -0.376. The fraction of sp³-hybridized carbons (Fsp3) is 0.857. The van der Waals surface area contributed by atoms with E-state index in [-0.39, 0.29) is 12.1 Å². The minimum absolute atomic E-state index is 0.154. The first kappa shape index (κ1) is 15.8. The second-order valence-corrected chi connectivity index (χ2v) is 5.89. The molecule has 110 valence electrons. The molecule has 0 saturated heterocycles. The van der Waals surface area contributed by atoms with Crippen LogP contribution in [0.3, 0.4) is 0 Å². The molecule has 1 saturated carbocycles. The number of rotatable bonds is 5. The van der Waals surface area contributed by atoms with Gasteiger partial charge in [-0.2, -0.15) is 0 Å². The van der Waals surface area contributed by atoms with Gasteiger partial charge < -0.3 is 15.3 Å². The van der Waals surface area contributed by atoms with E-state index in [1.165, 1.54) is 0 Å². The number of nitrogens with zero attached hydrogens (tertiary/aromatic N) is 1. The summed E-state index contributed by atoms with van der Waals surface area (Å²) in [5.41, 5.74) is 0. The molecule has 0 bridgehead atoms. The highest BCUT2D eigenvalue weighted by Crippen LogP contribution is 2.24. The number of hydrogen-bond acceptors (Lipinski definition) is 2. The average molecular weight is 270 g/mol. The summed E-state index contributed by atoms with van der Waals surface area (Å²) in [6.07, 6.45) is 4.31. The van der Waals surface area contributed by atoms with E-state index in [1.54, 1.807) is 11.9 Å². The first-order chi connectivity index (χ1) is 8.91. The molecule has 2 N–H and O–H groups in total. The zero-order valence-electron chi connectivity index (χ0n) is 12.2. The summed E-state index contributed by atoms with van der Waals surface area (Å²) in [7, 11) is 1.76. The topological polar surface area (TPSA) is 69.6 Å². The van der Waals surface area contributed by atoms with Crippen LogP contribution in [0.25, 0.3) is 0 Å². The lowest BCUT2D eigenvalue weighted by molar-refractivity contribution is -0.143. The van der Waals surface area contributed by atoms with E-state index >= 15 is 0 Å². The SMILES string of the molecule is CC(C)CCN(C)C(=O)NC1CCCCC1C(=O)O. The third-order valence-electron chi connectivity index (χ3n) is 3.78. The Morgan fingerprint density at radius 1 is 1.32 bits per heavy atom. The molecule has 2 unspecified atom stereocenters. The van der Waals surface area contributed by atoms with E-state index in [4.69, 9.17) is 0 Å². The molecule has 1 aliphatic carbocycles. The monoisotopic (exact) mass is 270 g/mol. The van der Waals surface area contributed by atoms with Crippen molar-refractivity contribution >= 4 is 12.0 Å². The Kier molecular flexibility index (Phi) is 6.12. The second kappa shape index (κ2) is 7.36. The fourth-order valence-electron chi connectivity index (χ4n) is 2.42. The summed E-state index contributed by atoms with van der Waals surface area (Å²) in [4.78, 5) is 24.8. The minimum atomic E-state index is -0.796. The normalized spacial score (nSPS) is 23.2. The van der Waals surface area contributed by atoms with Crippen LogP contribution >= 0.6 is 0 Å². The number of carbonyl (C=O) groups excluding carboxylic acids is 1. The van der Waals surface area contributed by atoms with Crippen molar-refractivity contribution < 1.29 is 14.7 Å². The highest BCUT2D eigenvalue weighted by atomic mass is 16.4. The van der Waals surface area contributed by atoms with Crippen LogP contribution in [0.4, 0.5) is 4.79 Å². The molecular formula is C14H26N2O3. The molecule has 5 heteroatoms. The van der Waals surface area contributed by atoms with Crippen molar-refractivity contribution in [3.05, 3.63) is 0 Å². The molecular weight excluding hydrogens is 244 g/mol. The number of urea groups is 1. The number of amides is 2. The minimum Gasteiger partial charge on any atom is -0.481 e. The smallest absolute Gasteiger partial charge is 0.317 e. The van der Waals surface area contributed by atoms with Gasteiger partial charge in [0, 0.05) is 19.6 Å². The summed E-state index contributed by atoms with van der Waals surface area (Å²) in [5, 5.41) is 12.1. The molecule has 19 heavy (non-hydrogen) atoms.